The molecule has 3 amide bonds. The highest BCUT2D eigenvalue weighted by Crippen LogP contribution is 2.40. The zero-order chi connectivity index (χ0) is 22.2. The van der Waals surface area contributed by atoms with E-state index in [1.165, 1.54) is 12.1 Å². The predicted molar refractivity (Wildman–Crippen MR) is 109 cm³/mol. The molecule has 0 radical (unpaired) electrons. The Morgan fingerprint density at radius 1 is 0.933 bits per heavy atom. The highest BCUT2D eigenvalue weighted by Gasteiger charge is 2.41. The van der Waals surface area contributed by atoms with Gasteiger partial charge in [0.1, 0.15) is 0 Å². The summed E-state index contributed by atoms with van der Waals surface area (Å²) in [6.45, 7) is 8.40. The lowest BCUT2D eigenvalue weighted by Crippen LogP contribution is -2.54. The fraction of sp³-hybridized carbons (Fsp3) is 0.636. The summed E-state index contributed by atoms with van der Waals surface area (Å²) in [4.78, 5) is 28.9. The second-order valence-electron chi connectivity index (χ2n) is 9.57. The number of benzene rings is 1. The molecule has 2 aliphatic rings. The molecule has 5 nitrogen and oxygen atoms in total. The van der Waals surface area contributed by atoms with Crippen molar-refractivity contribution in [2.75, 3.05) is 31.5 Å². The van der Waals surface area contributed by atoms with Crippen LogP contribution in [0.2, 0.25) is 0 Å². The highest BCUT2D eigenvalue weighted by molar-refractivity contribution is 5.89. The molecule has 8 heteroatoms. The molecular formula is C22H30F3N3O2. The van der Waals surface area contributed by atoms with Gasteiger partial charge in [-0.2, -0.15) is 13.2 Å². The van der Waals surface area contributed by atoms with Gasteiger partial charge >= 0.3 is 12.2 Å². The average Bonchev–Trinajstić information content (AvgIpc) is 2.67. The normalized spacial score (nSPS) is 19.7. The largest absolute Gasteiger partial charge is 0.416 e. The molecule has 0 atom stereocenters. The summed E-state index contributed by atoms with van der Waals surface area (Å²) in [5.74, 6) is 0.157. The first-order chi connectivity index (χ1) is 13.9. The van der Waals surface area contributed by atoms with E-state index in [2.05, 4.69) is 5.32 Å². The summed E-state index contributed by atoms with van der Waals surface area (Å²) in [7, 11) is 0. The number of hydrogen-bond donors (Lipinski definition) is 1. The lowest BCUT2D eigenvalue weighted by molar-refractivity contribution is -0.142. The van der Waals surface area contributed by atoms with E-state index in [0.717, 1.165) is 37.8 Å². The molecule has 2 heterocycles. The fourth-order valence-corrected chi connectivity index (χ4v) is 4.39. The van der Waals surface area contributed by atoms with Crippen LogP contribution in [-0.4, -0.2) is 47.9 Å². The van der Waals surface area contributed by atoms with E-state index >= 15 is 0 Å². The Bertz CT molecular complexity index is 776. The Hall–Kier alpha value is -2.25. The number of carbonyl (C=O) groups excluding carboxylic acids is 2. The number of anilines is 1. The Morgan fingerprint density at radius 2 is 1.53 bits per heavy atom. The number of amides is 3. The molecule has 0 unspecified atom stereocenters. The molecule has 0 aliphatic carbocycles. The van der Waals surface area contributed by atoms with Gasteiger partial charge in [-0.1, -0.05) is 20.8 Å². The predicted octanol–water partition coefficient (Wildman–Crippen LogP) is 4.99. The molecule has 0 saturated carbocycles. The molecular weight excluding hydrogens is 395 g/mol. The van der Waals surface area contributed by atoms with Crippen molar-refractivity contribution in [3.05, 3.63) is 29.8 Å². The highest BCUT2D eigenvalue weighted by atomic mass is 19.4. The first-order valence-corrected chi connectivity index (χ1v) is 10.4. The molecule has 2 aliphatic heterocycles. The summed E-state index contributed by atoms with van der Waals surface area (Å²) in [6.07, 6.45) is -0.773. The molecule has 1 N–H and O–H groups in total. The summed E-state index contributed by atoms with van der Waals surface area (Å²) in [5, 5.41) is 2.71. The molecule has 166 valence electrons. The van der Waals surface area contributed by atoms with E-state index in [9.17, 15) is 22.8 Å². The van der Waals surface area contributed by atoms with Gasteiger partial charge in [0.2, 0.25) is 5.91 Å². The van der Waals surface area contributed by atoms with Crippen LogP contribution in [0.5, 0.6) is 0 Å². The summed E-state index contributed by atoms with van der Waals surface area (Å²) >= 11 is 0. The molecule has 3 rings (SSSR count). The lowest BCUT2D eigenvalue weighted by Gasteiger charge is -2.48. The maximum absolute atomic E-state index is 12.7. The van der Waals surface area contributed by atoms with Crippen LogP contribution in [-0.2, 0) is 11.0 Å². The maximum Gasteiger partial charge on any atom is 0.416 e. The molecule has 2 fully saturated rings. The molecule has 0 aromatic heterocycles. The Labute approximate surface area is 175 Å². The van der Waals surface area contributed by atoms with Crippen LogP contribution in [0.25, 0.3) is 0 Å². The summed E-state index contributed by atoms with van der Waals surface area (Å²) < 4.78 is 38.1. The number of nitrogens with zero attached hydrogens (tertiary/aromatic N) is 2. The number of rotatable bonds is 1. The van der Waals surface area contributed by atoms with Crippen molar-refractivity contribution in [3.8, 4) is 0 Å². The van der Waals surface area contributed by atoms with E-state index in [4.69, 9.17) is 0 Å². The van der Waals surface area contributed by atoms with Crippen molar-refractivity contribution in [1.29, 1.82) is 0 Å². The number of likely N-dealkylation sites (tertiary alicyclic amines) is 2. The molecule has 1 spiro atoms. The zero-order valence-electron chi connectivity index (χ0n) is 17.8. The lowest BCUT2D eigenvalue weighted by atomic mass is 9.72. The van der Waals surface area contributed by atoms with E-state index < -0.39 is 17.2 Å². The van der Waals surface area contributed by atoms with Crippen molar-refractivity contribution in [2.24, 2.45) is 10.8 Å². The van der Waals surface area contributed by atoms with Crippen molar-refractivity contribution >= 4 is 17.6 Å². The van der Waals surface area contributed by atoms with E-state index in [0.29, 0.717) is 31.9 Å². The van der Waals surface area contributed by atoms with Gasteiger partial charge in [-0.15, -0.1) is 0 Å². The van der Waals surface area contributed by atoms with Gasteiger partial charge in [-0.05, 0) is 55.4 Å². The monoisotopic (exact) mass is 425 g/mol. The van der Waals surface area contributed by atoms with E-state index in [1.807, 2.05) is 25.7 Å². The fourth-order valence-electron chi connectivity index (χ4n) is 4.39. The second-order valence-corrected chi connectivity index (χ2v) is 9.57. The molecule has 30 heavy (non-hydrogen) atoms. The Morgan fingerprint density at radius 3 is 2.07 bits per heavy atom. The van der Waals surface area contributed by atoms with E-state index in [-0.39, 0.29) is 17.4 Å². The Kier molecular flexibility index (Phi) is 6.07. The maximum atomic E-state index is 12.7. The van der Waals surface area contributed by atoms with Crippen LogP contribution in [0.1, 0.15) is 52.0 Å². The summed E-state index contributed by atoms with van der Waals surface area (Å²) in [6, 6.07) is 4.19. The number of alkyl halides is 3. The number of carbonyl (C=O) groups is 2. The minimum atomic E-state index is -4.40. The number of halogens is 3. The van der Waals surface area contributed by atoms with Gasteiger partial charge in [0, 0.05) is 37.3 Å². The van der Waals surface area contributed by atoms with Gasteiger partial charge in [0.25, 0.3) is 0 Å². The van der Waals surface area contributed by atoms with Gasteiger partial charge < -0.3 is 15.1 Å². The molecule has 1 aromatic rings. The molecule has 1 aromatic carbocycles. The van der Waals surface area contributed by atoms with Crippen LogP contribution < -0.4 is 5.32 Å². The third-order valence-electron chi connectivity index (χ3n) is 6.17. The van der Waals surface area contributed by atoms with Crippen molar-refractivity contribution in [1.82, 2.24) is 9.80 Å². The third-order valence-corrected chi connectivity index (χ3v) is 6.17. The van der Waals surface area contributed by atoms with Crippen molar-refractivity contribution < 1.29 is 22.8 Å². The number of nitrogens with one attached hydrogen (secondary N) is 1. The minimum Gasteiger partial charge on any atom is -0.342 e. The smallest absolute Gasteiger partial charge is 0.342 e. The third kappa shape index (κ3) is 5.08. The topological polar surface area (TPSA) is 52.7 Å². The van der Waals surface area contributed by atoms with Gasteiger partial charge in [-0.25, -0.2) is 4.79 Å². The average molecular weight is 425 g/mol. The second kappa shape index (κ2) is 8.12. The molecule has 0 bridgehead atoms. The number of hydrogen-bond acceptors (Lipinski definition) is 2. The van der Waals surface area contributed by atoms with Crippen molar-refractivity contribution in [3.63, 3.8) is 0 Å². The summed E-state index contributed by atoms with van der Waals surface area (Å²) in [5.41, 5.74) is -0.790. The van der Waals surface area contributed by atoms with Crippen LogP contribution in [0, 0.1) is 10.8 Å². The SMILES string of the molecule is CC(C)(C)C(=O)N1CCC2(CCCN(C(=O)Nc3ccc(C(F)(F)F)cc3)C2)CC1. The van der Waals surface area contributed by atoms with Crippen LogP contribution in [0.3, 0.4) is 0 Å². The van der Waals surface area contributed by atoms with Crippen LogP contribution >= 0.6 is 0 Å². The van der Waals surface area contributed by atoms with Crippen LogP contribution in [0.4, 0.5) is 23.7 Å². The number of piperidine rings is 2. The first kappa shape index (κ1) is 22.4. The minimum absolute atomic E-state index is 0.00436. The standard InChI is InChI=1S/C22H30F3N3O2/c1-20(2,3)18(29)27-13-10-21(11-14-27)9-4-12-28(15-21)19(30)26-17-7-5-16(6-8-17)22(23,24)25/h5-8H,4,9-15H2,1-3H3,(H,26,30). The van der Waals surface area contributed by atoms with Gasteiger partial charge in [0.15, 0.2) is 0 Å². The quantitative estimate of drug-likeness (QED) is 0.689. The first-order valence-electron chi connectivity index (χ1n) is 10.4. The zero-order valence-corrected chi connectivity index (χ0v) is 17.8. The number of urea groups is 1. The van der Waals surface area contributed by atoms with Crippen molar-refractivity contribution in [2.45, 2.75) is 52.6 Å². The van der Waals surface area contributed by atoms with Crippen LogP contribution in [0.15, 0.2) is 24.3 Å². The molecule has 2 saturated heterocycles. The van der Waals surface area contributed by atoms with E-state index in [1.54, 1.807) is 4.90 Å². The van der Waals surface area contributed by atoms with Gasteiger partial charge in [-0.3, -0.25) is 4.79 Å². The van der Waals surface area contributed by atoms with Gasteiger partial charge in [0.05, 0.1) is 5.56 Å². The Balaban J connectivity index is 1.58.